The third kappa shape index (κ3) is 4.54. The van der Waals surface area contributed by atoms with Gasteiger partial charge in [-0.3, -0.25) is 4.79 Å². The quantitative estimate of drug-likeness (QED) is 0.725. The monoisotopic (exact) mass is 415 g/mol. The average Bonchev–Trinajstić information content (AvgIpc) is 3.41. The fourth-order valence-corrected chi connectivity index (χ4v) is 5.02. The maximum Gasteiger partial charge on any atom is 0.253 e. The van der Waals surface area contributed by atoms with Gasteiger partial charge in [0.25, 0.3) is 5.91 Å². The Morgan fingerprint density at radius 1 is 1.07 bits per heavy atom. The van der Waals surface area contributed by atoms with Crippen molar-refractivity contribution in [2.75, 3.05) is 25.5 Å². The van der Waals surface area contributed by atoms with E-state index in [1.165, 1.54) is 13.2 Å². The zero-order valence-corrected chi connectivity index (χ0v) is 17.1. The van der Waals surface area contributed by atoms with Crippen LogP contribution in [0.4, 0.5) is 5.69 Å². The van der Waals surface area contributed by atoms with Gasteiger partial charge < -0.3 is 15.0 Å². The molecule has 2 fully saturated rings. The lowest BCUT2D eigenvalue weighted by molar-refractivity contribution is 0.0791. The largest absolute Gasteiger partial charge is 0.495 e. The van der Waals surface area contributed by atoms with Crippen LogP contribution in [0.15, 0.2) is 53.4 Å². The number of carbonyl (C=O) groups is 1. The molecular formula is C21H25N3O4S. The molecule has 1 atom stereocenters. The molecule has 2 aromatic carbocycles. The van der Waals surface area contributed by atoms with Gasteiger partial charge in [0, 0.05) is 36.4 Å². The van der Waals surface area contributed by atoms with Gasteiger partial charge in [0.2, 0.25) is 10.0 Å². The number of amides is 1. The minimum Gasteiger partial charge on any atom is -0.495 e. The molecule has 4 rings (SSSR count). The van der Waals surface area contributed by atoms with E-state index in [4.69, 9.17) is 4.74 Å². The van der Waals surface area contributed by atoms with Gasteiger partial charge in [-0.15, -0.1) is 0 Å². The highest BCUT2D eigenvalue weighted by Crippen LogP contribution is 2.29. The third-order valence-electron chi connectivity index (χ3n) is 5.22. The van der Waals surface area contributed by atoms with Crippen LogP contribution >= 0.6 is 0 Å². The number of anilines is 1. The number of sulfonamides is 1. The Morgan fingerprint density at radius 2 is 1.83 bits per heavy atom. The van der Waals surface area contributed by atoms with E-state index in [1.54, 1.807) is 17.0 Å². The molecule has 1 saturated heterocycles. The van der Waals surface area contributed by atoms with Gasteiger partial charge in [-0.25, -0.2) is 13.1 Å². The van der Waals surface area contributed by atoms with Gasteiger partial charge in [0.15, 0.2) is 0 Å². The van der Waals surface area contributed by atoms with Gasteiger partial charge in [-0.05, 0) is 49.6 Å². The molecule has 29 heavy (non-hydrogen) atoms. The maximum absolute atomic E-state index is 13.0. The first-order chi connectivity index (χ1) is 14.0. The van der Waals surface area contributed by atoms with Crippen molar-refractivity contribution in [1.29, 1.82) is 0 Å². The summed E-state index contributed by atoms with van der Waals surface area (Å²) in [6, 6.07) is 14.6. The smallest absolute Gasteiger partial charge is 0.253 e. The lowest BCUT2D eigenvalue weighted by atomic mass is 10.2. The molecule has 2 N–H and O–H groups in total. The summed E-state index contributed by atoms with van der Waals surface area (Å²) < 4.78 is 33.2. The number of benzene rings is 2. The number of hydrogen-bond acceptors (Lipinski definition) is 5. The zero-order valence-electron chi connectivity index (χ0n) is 16.3. The first kappa shape index (κ1) is 19.7. The maximum atomic E-state index is 13.0. The number of carbonyl (C=O) groups excluding carboxylic acids is 1. The molecule has 1 amide bonds. The van der Waals surface area contributed by atoms with Crippen LogP contribution < -0.4 is 14.8 Å². The number of nitrogens with zero attached hydrogens (tertiary/aromatic N) is 1. The highest BCUT2D eigenvalue weighted by atomic mass is 32.2. The minimum atomic E-state index is -3.73. The molecule has 1 heterocycles. The molecule has 1 aliphatic heterocycles. The highest BCUT2D eigenvalue weighted by molar-refractivity contribution is 7.89. The Kier molecular flexibility index (Phi) is 5.47. The van der Waals surface area contributed by atoms with E-state index in [1.807, 2.05) is 30.3 Å². The van der Waals surface area contributed by atoms with E-state index < -0.39 is 10.0 Å². The number of likely N-dealkylation sites (tertiary alicyclic amines) is 1. The summed E-state index contributed by atoms with van der Waals surface area (Å²) >= 11 is 0. The Balaban J connectivity index is 1.49. The number of nitrogens with one attached hydrogen (secondary N) is 2. The molecule has 154 valence electrons. The van der Waals surface area contributed by atoms with E-state index in [-0.39, 0.29) is 28.6 Å². The topological polar surface area (TPSA) is 87.7 Å². The SMILES string of the molecule is COc1ccc(C(=O)N2CCC(Nc3ccccc3)C2)cc1S(=O)(=O)NC1CC1. The van der Waals surface area contributed by atoms with Gasteiger partial charge in [-0.2, -0.15) is 0 Å². The van der Waals surface area contributed by atoms with Gasteiger partial charge >= 0.3 is 0 Å². The number of para-hydroxylation sites is 1. The van der Waals surface area contributed by atoms with Crippen molar-refractivity contribution in [3.63, 3.8) is 0 Å². The van der Waals surface area contributed by atoms with E-state index >= 15 is 0 Å². The molecule has 1 unspecified atom stereocenters. The summed E-state index contributed by atoms with van der Waals surface area (Å²) in [5.74, 6) is 0.0626. The molecule has 0 spiro atoms. The molecule has 2 aromatic rings. The van der Waals surface area contributed by atoms with Crippen LogP contribution in [0.2, 0.25) is 0 Å². The minimum absolute atomic E-state index is 0.0101. The molecular weight excluding hydrogens is 390 g/mol. The number of ether oxygens (including phenoxy) is 1. The molecule has 0 radical (unpaired) electrons. The summed E-state index contributed by atoms with van der Waals surface area (Å²) in [6.07, 6.45) is 2.51. The van der Waals surface area contributed by atoms with Crippen LogP contribution in [0, 0.1) is 0 Å². The molecule has 1 saturated carbocycles. The Morgan fingerprint density at radius 3 is 2.52 bits per heavy atom. The first-order valence-electron chi connectivity index (χ1n) is 9.77. The summed E-state index contributed by atoms with van der Waals surface area (Å²) in [4.78, 5) is 14.8. The van der Waals surface area contributed by atoms with E-state index in [0.29, 0.717) is 18.7 Å². The number of methoxy groups -OCH3 is 1. The second-order valence-corrected chi connectivity index (χ2v) is 9.19. The third-order valence-corrected chi connectivity index (χ3v) is 6.76. The Labute approximate surface area is 171 Å². The lowest BCUT2D eigenvalue weighted by Gasteiger charge is -2.19. The fourth-order valence-electron chi connectivity index (χ4n) is 3.52. The summed E-state index contributed by atoms with van der Waals surface area (Å²) in [5.41, 5.74) is 1.37. The lowest BCUT2D eigenvalue weighted by Crippen LogP contribution is -2.32. The van der Waals surface area contributed by atoms with Crippen LogP contribution in [0.25, 0.3) is 0 Å². The number of rotatable bonds is 7. The zero-order chi connectivity index (χ0) is 20.4. The Bertz CT molecular complexity index is 990. The van der Waals surface area contributed by atoms with Crippen LogP contribution in [0.5, 0.6) is 5.75 Å². The van der Waals surface area contributed by atoms with Crippen molar-refractivity contribution >= 4 is 21.6 Å². The van der Waals surface area contributed by atoms with Crippen LogP contribution in [0.1, 0.15) is 29.6 Å². The molecule has 2 aliphatic rings. The molecule has 8 heteroatoms. The summed E-state index contributed by atoms with van der Waals surface area (Å²) in [5, 5.41) is 3.44. The number of hydrogen-bond donors (Lipinski definition) is 2. The second kappa shape index (κ2) is 8.04. The second-order valence-electron chi connectivity index (χ2n) is 7.51. The van der Waals surface area contributed by atoms with Crippen molar-refractivity contribution < 1.29 is 17.9 Å². The normalized spacial score (nSPS) is 19.2. The van der Waals surface area contributed by atoms with E-state index in [9.17, 15) is 13.2 Å². The highest BCUT2D eigenvalue weighted by Gasteiger charge is 2.32. The summed E-state index contributed by atoms with van der Waals surface area (Å²) in [7, 11) is -2.30. The molecule has 1 aliphatic carbocycles. The summed E-state index contributed by atoms with van der Waals surface area (Å²) in [6.45, 7) is 1.19. The molecule has 0 aromatic heterocycles. The van der Waals surface area contributed by atoms with Crippen LogP contribution in [0.3, 0.4) is 0 Å². The van der Waals surface area contributed by atoms with Crippen molar-refractivity contribution in [3.8, 4) is 5.75 Å². The fraction of sp³-hybridized carbons (Fsp3) is 0.381. The standard InChI is InChI=1S/C21H25N3O4S/c1-28-19-10-7-15(13-20(19)29(26,27)23-17-8-9-17)21(25)24-12-11-18(14-24)22-16-5-3-2-4-6-16/h2-7,10,13,17-18,22-23H,8-9,11-12,14H2,1H3. The average molecular weight is 416 g/mol. The van der Waals surface area contributed by atoms with Gasteiger partial charge in [-0.1, -0.05) is 18.2 Å². The van der Waals surface area contributed by atoms with E-state index in [0.717, 1.165) is 24.9 Å². The van der Waals surface area contributed by atoms with Gasteiger partial charge in [0.1, 0.15) is 10.6 Å². The Hall–Kier alpha value is -2.58. The van der Waals surface area contributed by atoms with Gasteiger partial charge in [0.05, 0.1) is 7.11 Å². The predicted molar refractivity (Wildman–Crippen MR) is 111 cm³/mol. The first-order valence-corrected chi connectivity index (χ1v) is 11.3. The van der Waals surface area contributed by atoms with Crippen LogP contribution in [-0.2, 0) is 10.0 Å². The molecule has 7 nitrogen and oxygen atoms in total. The van der Waals surface area contributed by atoms with Crippen molar-refractivity contribution in [2.24, 2.45) is 0 Å². The van der Waals surface area contributed by atoms with Crippen LogP contribution in [-0.4, -0.2) is 51.5 Å². The van der Waals surface area contributed by atoms with Crippen molar-refractivity contribution in [3.05, 3.63) is 54.1 Å². The van der Waals surface area contributed by atoms with Crippen molar-refractivity contribution in [2.45, 2.75) is 36.2 Å². The van der Waals surface area contributed by atoms with Crippen molar-refractivity contribution in [1.82, 2.24) is 9.62 Å². The van der Waals surface area contributed by atoms with E-state index in [2.05, 4.69) is 10.0 Å². The molecule has 0 bridgehead atoms. The predicted octanol–water partition coefficient (Wildman–Crippen LogP) is 2.46.